The molecule has 0 bridgehead atoms. The Morgan fingerprint density at radius 2 is 1.63 bits per heavy atom. The van der Waals surface area contributed by atoms with E-state index in [-0.39, 0.29) is 12.2 Å². The zero-order valence-corrected chi connectivity index (χ0v) is 15.4. The van der Waals surface area contributed by atoms with Crippen molar-refractivity contribution in [3.63, 3.8) is 0 Å². The third-order valence-electron chi connectivity index (χ3n) is 4.66. The van der Waals surface area contributed by atoms with E-state index in [4.69, 9.17) is 11.6 Å². The van der Waals surface area contributed by atoms with Gasteiger partial charge in [-0.2, -0.15) is 0 Å². The Kier molecular flexibility index (Phi) is 4.80. The zero-order valence-electron chi connectivity index (χ0n) is 14.6. The molecule has 3 aromatic carbocycles. The van der Waals surface area contributed by atoms with Gasteiger partial charge in [-0.05, 0) is 40.3 Å². The summed E-state index contributed by atoms with van der Waals surface area (Å²) in [6, 6.07) is 23.0. The topological polar surface area (TPSA) is 42.2 Å². The minimum absolute atomic E-state index is 0.0196. The van der Waals surface area contributed by atoms with E-state index in [9.17, 15) is 9.90 Å². The van der Waals surface area contributed by atoms with Crippen LogP contribution < -0.4 is 5.56 Å². The molecule has 27 heavy (non-hydrogen) atoms. The third kappa shape index (κ3) is 3.52. The molecule has 0 saturated heterocycles. The smallest absolute Gasteiger partial charge is 0.258 e. The number of hydrogen-bond acceptors (Lipinski definition) is 2. The summed E-state index contributed by atoms with van der Waals surface area (Å²) in [6.45, 7) is 0.416. The van der Waals surface area contributed by atoms with Gasteiger partial charge in [0.05, 0.1) is 13.2 Å². The van der Waals surface area contributed by atoms with Crippen LogP contribution in [0.15, 0.2) is 83.8 Å². The molecule has 0 aliphatic carbocycles. The number of aromatic nitrogens is 1. The molecule has 4 aromatic rings. The molecule has 0 spiro atoms. The lowest BCUT2D eigenvalue weighted by Crippen LogP contribution is -2.21. The fraction of sp³-hybridized carbons (Fsp3) is 0.0870. The number of aliphatic hydroxyl groups is 1. The third-order valence-corrected chi connectivity index (χ3v) is 4.89. The van der Waals surface area contributed by atoms with E-state index in [0.717, 1.165) is 27.6 Å². The summed E-state index contributed by atoms with van der Waals surface area (Å²) in [6.07, 6.45) is 1.89. The van der Waals surface area contributed by atoms with Crippen molar-refractivity contribution in [3.8, 4) is 11.1 Å². The van der Waals surface area contributed by atoms with Gasteiger partial charge in [0, 0.05) is 22.2 Å². The van der Waals surface area contributed by atoms with E-state index in [1.165, 1.54) is 0 Å². The Hall–Kier alpha value is -2.88. The van der Waals surface area contributed by atoms with E-state index in [1.807, 2.05) is 66.9 Å². The summed E-state index contributed by atoms with van der Waals surface area (Å²) in [7, 11) is 0. The largest absolute Gasteiger partial charge is 0.392 e. The van der Waals surface area contributed by atoms with Gasteiger partial charge in [0.15, 0.2) is 0 Å². The quantitative estimate of drug-likeness (QED) is 0.553. The van der Waals surface area contributed by atoms with E-state index >= 15 is 0 Å². The SMILES string of the molecule is O=c1c2ccc(Cl)cc2c(-c2ccccc2)cn1Cc1cccc(CO)c1. The van der Waals surface area contributed by atoms with Crippen molar-refractivity contribution < 1.29 is 5.11 Å². The molecule has 0 aliphatic heterocycles. The van der Waals surface area contributed by atoms with Crippen molar-refractivity contribution in [1.29, 1.82) is 0 Å². The molecule has 0 unspecified atom stereocenters. The number of aliphatic hydroxyl groups excluding tert-OH is 1. The molecule has 3 nitrogen and oxygen atoms in total. The molecular formula is C23H18ClNO2. The highest BCUT2D eigenvalue weighted by atomic mass is 35.5. The predicted molar refractivity (Wildman–Crippen MR) is 110 cm³/mol. The van der Waals surface area contributed by atoms with Crippen molar-refractivity contribution in [3.05, 3.63) is 105 Å². The standard InChI is InChI=1S/C23H18ClNO2/c24-19-9-10-20-21(12-19)22(18-7-2-1-3-8-18)14-25(23(20)27)13-16-5-4-6-17(11-16)15-26/h1-12,14,26H,13,15H2. The first kappa shape index (κ1) is 17.5. The van der Waals surface area contributed by atoms with Crippen LogP contribution in [-0.4, -0.2) is 9.67 Å². The Morgan fingerprint density at radius 3 is 2.41 bits per heavy atom. The van der Waals surface area contributed by atoms with Gasteiger partial charge < -0.3 is 9.67 Å². The first-order valence-corrected chi connectivity index (χ1v) is 9.10. The fourth-order valence-electron chi connectivity index (χ4n) is 3.35. The Bertz CT molecular complexity index is 1170. The van der Waals surface area contributed by atoms with Gasteiger partial charge in [0.2, 0.25) is 0 Å². The molecule has 0 amide bonds. The molecule has 0 saturated carbocycles. The van der Waals surface area contributed by atoms with E-state index in [0.29, 0.717) is 17.0 Å². The molecule has 134 valence electrons. The van der Waals surface area contributed by atoms with Gasteiger partial charge in [-0.15, -0.1) is 0 Å². The highest BCUT2D eigenvalue weighted by molar-refractivity contribution is 6.31. The van der Waals surface area contributed by atoms with Gasteiger partial charge in [-0.1, -0.05) is 66.2 Å². The van der Waals surface area contributed by atoms with Crippen LogP contribution >= 0.6 is 11.6 Å². The number of rotatable bonds is 4. The first-order valence-electron chi connectivity index (χ1n) is 8.72. The molecule has 0 aliphatic rings. The second-order valence-corrected chi connectivity index (χ2v) is 6.95. The number of nitrogens with zero attached hydrogens (tertiary/aromatic N) is 1. The van der Waals surface area contributed by atoms with Crippen LogP contribution in [0, 0.1) is 0 Å². The van der Waals surface area contributed by atoms with Gasteiger partial charge in [0.25, 0.3) is 5.56 Å². The summed E-state index contributed by atoms with van der Waals surface area (Å²) in [4.78, 5) is 13.1. The number of pyridine rings is 1. The van der Waals surface area contributed by atoms with Gasteiger partial charge in [-0.3, -0.25) is 4.79 Å². The van der Waals surface area contributed by atoms with Crippen molar-refractivity contribution in [1.82, 2.24) is 4.57 Å². The van der Waals surface area contributed by atoms with Crippen LogP contribution in [0.3, 0.4) is 0 Å². The van der Waals surface area contributed by atoms with Gasteiger partial charge >= 0.3 is 0 Å². The molecule has 0 atom stereocenters. The molecule has 4 heteroatoms. The van der Waals surface area contributed by atoms with Crippen LogP contribution in [0.25, 0.3) is 21.9 Å². The van der Waals surface area contributed by atoms with Crippen molar-refractivity contribution in [2.45, 2.75) is 13.2 Å². The van der Waals surface area contributed by atoms with Crippen LogP contribution in [0.4, 0.5) is 0 Å². The molecule has 1 aromatic heterocycles. The number of hydrogen-bond donors (Lipinski definition) is 1. The van der Waals surface area contributed by atoms with E-state index < -0.39 is 0 Å². The monoisotopic (exact) mass is 375 g/mol. The maximum absolute atomic E-state index is 13.1. The minimum atomic E-state index is -0.0595. The molecule has 0 fully saturated rings. The fourth-order valence-corrected chi connectivity index (χ4v) is 3.52. The number of benzene rings is 3. The molecule has 1 heterocycles. The maximum atomic E-state index is 13.1. The highest BCUT2D eigenvalue weighted by Crippen LogP contribution is 2.29. The summed E-state index contributed by atoms with van der Waals surface area (Å²) in [5.41, 5.74) is 3.73. The van der Waals surface area contributed by atoms with Crippen molar-refractivity contribution >= 4 is 22.4 Å². The summed E-state index contributed by atoms with van der Waals surface area (Å²) < 4.78 is 1.72. The highest BCUT2D eigenvalue weighted by Gasteiger charge is 2.11. The summed E-state index contributed by atoms with van der Waals surface area (Å²) >= 11 is 6.20. The summed E-state index contributed by atoms with van der Waals surface area (Å²) in [5.74, 6) is 0. The average Bonchev–Trinajstić information content (AvgIpc) is 2.71. The average molecular weight is 376 g/mol. The second kappa shape index (κ2) is 7.39. The normalized spacial score (nSPS) is 11.0. The predicted octanol–water partition coefficient (Wildman–Crippen LogP) is 4.86. The number of fused-ring (bicyclic) bond motifs is 1. The molecule has 1 N–H and O–H groups in total. The lowest BCUT2D eigenvalue weighted by Gasteiger charge is -2.13. The maximum Gasteiger partial charge on any atom is 0.258 e. The number of halogens is 1. The van der Waals surface area contributed by atoms with E-state index in [1.54, 1.807) is 16.7 Å². The molecule has 0 radical (unpaired) electrons. The van der Waals surface area contributed by atoms with Crippen LogP contribution in [-0.2, 0) is 13.2 Å². The Morgan fingerprint density at radius 1 is 0.852 bits per heavy atom. The Labute approximate surface area is 162 Å². The van der Waals surface area contributed by atoms with Gasteiger partial charge in [-0.25, -0.2) is 0 Å². The van der Waals surface area contributed by atoms with Crippen LogP contribution in [0.2, 0.25) is 5.02 Å². The summed E-state index contributed by atoms with van der Waals surface area (Å²) in [5, 5.41) is 11.5. The van der Waals surface area contributed by atoms with E-state index in [2.05, 4.69) is 0 Å². The zero-order chi connectivity index (χ0) is 18.8. The van der Waals surface area contributed by atoms with Crippen molar-refractivity contribution in [2.75, 3.05) is 0 Å². The minimum Gasteiger partial charge on any atom is -0.392 e. The molecular weight excluding hydrogens is 358 g/mol. The lowest BCUT2D eigenvalue weighted by atomic mass is 10.0. The van der Waals surface area contributed by atoms with Gasteiger partial charge in [0.1, 0.15) is 0 Å². The van der Waals surface area contributed by atoms with Crippen molar-refractivity contribution in [2.24, 2.45) is 0 Å². The lowest BCUT2D eigenvalue weighted by molar-refractivity contribution is 0.281. The molecule has 4 rings (SSSR count). The van der Waals surface area contributed by atoms with Crippen LogP contribution in [0.1, 0.15) is 11.1 Å². The Balaban J connectivity index is 1.92. The first-order chi connectivity index (χ1) is 13.2. The van der Waals surface area contributed by atoms with Crippen LogP contribution in [0.5, 0.6) is 0 Å². The second-order valence-electron chi connectivity index (χ2n) is 6.51.